The number of unbranched alkanes of at least 4 members (excludes halogenated alkanes) is 2. The van der Waals surface area contributed by atoms with Crippen LogP contribution in [0.4, 0.5) is 0 Å². The summed E-state index contributed by atoms with van der Waals surface area (Å²) in [6.07, 6.45) is 8.36. The molecule has 0 aromatic heterocycles. The van der Waals surface area contributed by atoms with Crippen LogP contribution >= 0.6 is 0 Å². The molecule has 0 amide bonds. The van der Waals surface area contributed by atoms with Gasteiger partial charge in [-0.3, -0.25) is 0 Å². The Bertz CT molecular complexity index is 223. The van der Waals surface area contributed by atoms with Crippen molar-refractivity contribution in [1.29, 1.82) is 0 Å². The Balaban J connectivity index is 5.33. The minimum atomic E-state index is -2.20. The highest BCUT2D eigenvalue weighted by Crippen LogP contribution is 2.51. The summed E-state index contributed by atoms with van der Waals surface area (Å²) in [7, 11) is -2.20. The van der Waals surface area contributed by atoms with E-state index in [9.17, 15) is 0 Å². The molecule has 3 nitrogen and oxygen atoms in total. The van der Waals surface area contributed by atoms with E-state index in [1.165, 1.54) is 38.5 Å². The number of hydrogen-bond donors (Lipinski definition) is 1. The SMILES string of the molecule is CCCCC(CCN)(CCCC)[Si](C)(OCC)OCC. The quantitative estimate of drug-likeness (QED) is 0.506. The molecule has 0 fully saturated rings. The van der Waals surface area contributed by atoms with Gasteiger partial charge in [-0.25, -0.2) is 0 Å². The van der Waals surface area contributed by atoms with Crippen LogP contribution in [0.15, 0.2) is 0 Å². The van der Waals surface area contributed by atoms with Crippen molar-refractivity contribution in [2.24, 2.45) is 5.73 Å². The van der Waals surface area contributed by atoms with E-state index in [0.717, 1.165) is 26.2 Å². The van der Waals surface area contributed by atoms with Crippen molar-refractivity contribution in [3.63, 3.8) is 0 Å². The van der Waals surface area contributed by atoms with E-state index >= 15 is 0 Å². The lowest BCUT2D eigenvalue weighted by Crippen LogP contribution is -2.52. The van der Waals surface area contributed by atoms with Gasteiger partial charge in [-0.05, 0) is 46.2 Å². The number of hydrogen-bond acceptors (Lipinski definition) is 3. The van der Waals surface area contributed by atoms with Gasteiger partial charge in [0, 0.05) is 18.3 Å². The molecule has 0 unspecified atom stereocenters. The lowest BCUT2D eigenvalue weighted by Gasteiger charge is -2.46. The second-order valence-corrected chi connectivity index (χ2v) is 9.37. The van der Waals surface area contributed by atoms with Crippen LogP contribution in [0.1, 0.15) is 72.6 Å². The fourth-order valence-electron chi connectivity index (χ4n) is 3.26. The monoisotopic (exact) mass is 303 g/mol. The third-order valence-electron chi connectivity index (χ3n) is 4.44. The van der Waals surface area contributed by atoms with Crippen LogP contribution < -0.4 is 5.73 Å². The van der Waals surface area contributed by atoms with Crippen LogP contribution in [0.3, 0.4) is 0 Å². The average Bonchev–Trinajstić information content (AvgIpc) is 2.42. The van der Waals surface area contributed by atoms with E-state index in [-0.39, 0.29) is 5.04 Å². The molecule has 0 spiro atoms. The van der Waals surface area contributed by atoms with Crippen molar-refractivity contribution in [2.45, 2.75) is 84.2 Å². The van der Waals surface area contributed by atoms with Gasteiger partial charge in [-0.15, -0.1) is 0 Å². The van der Waals surface area contributed by atoms with Crippen LogP contribution in [-0.4, -0.2) is 28.3 Å². The molecule has 0 bridgehead atoms. The molecule has 0 radical (unpaired) electrons. The maximum atomic E-state index is 6.24. The molecule has 0 aromatic rings. The first kappa shape index (κ1) is 20.1. The van der Waals surface area contributed by atoms with Crippen molar-refractivity contribution >= 4 is 8.56 Å². The Morgan fingerprint density at radius 1 is 0.850 bits per heavy atom. The summed E-state index contributed by atoms with van der Waals surface area (Å²) in [5.74, 6) is 0. The normalized spacial score (nSPS) is 12.9. The highest BCUT2D eigenvalue weighted by Gasteiger charge is 2.52. The van der Waals surface area contributed by atoms with Crippen molar-refractivity contribution in [1.82, 2.24) is 0 Å². The smallest absolute Gasteiger partial charge is 0.341 e. The molecular weight excluding hydrogens is 266 g/mol. The lowest BCUT2D eigenvalue weighted by atomic mass is 9.91. The Morgan fingerprint density at radius 3 is 1.60 bits per heavy atom. The molecule has 4 heteroatoms. The molecular formula is C16H37NO2Si. The zero-order valence-electron chi connectivity index (χ0n) is 14.5. The summed E-state index contributed by atoms with van der Waals surface area (Å²) in [6, 6.07) is 0. The van der Waals surface area contributed by atoms with Crippen LogP contribution in [0.5, 0.6) is 0 Å². The number of rotatable bonds is 13. The van der Waals surface area contributed by atoms with E-state index in [2.05, 4.69) is 34.2 Å². The van der Waals surface area contributed by atoms with Gasteiger partial charge >= 0.3 is 8.56 Å². The first-order valence-corrected chi connectivity index (χ1v) is 10.8. The molecule has 2 N–H and O–H groups in total. The third-order valence-corrected chi connectivity index (χ3v) is 8.80. The second kappa shape index (κ2) is 10.8. The van der Waals surface area contributed by atoms with Gasteiger partial charge in [-0.1, -0.05) is 39.5 Å². The van der Waals surface area contributed by atoms with Gasteiger partial charge in [0.05, 0.1) is 0 Å². The fraction of sp³-hybridized carbons (Fsp3) is 1.00. The fourth-order valence-corrected chi connectivity index (χ4v) is 6.92. The van der Waals surface area contributed by atoms with E-state index in [1.54, 1.807) is 0 Å². The molecule has 0 atom stereocenters. The van der Waals surface area contributed by atoms with Crippen molar-refractivity contribution in [3.8, 4) is 0 Å². The molecule has 0 saturated carbocycles. The highest BCUT2D eigenvalue weighted by molar-refractivity contribution is 6.69. The summed E-state index contributed by atoms with van der Waals surface area (Å²) in [6.45, 7) is 13.2. The molecule has 122 valence electrons. The highest BCUT2D eigenvalue weighted by atomic mass is 28.4. The van der Waals surface area contributed by atoms with E-state index in [1.807, 2.05) is 0 Å². The van der Waals surface area contributed by atoms with Crippen molar-refractivity contribution in [2.75, 3.05) is 19.8 Å². The lowest BCUT2D eigenvalue weighted by molar-refractivity contribution is 0.145. The third kappa shape index (κ3) is 5.47. The van der Waals surface area contributed by atoms with Crippen LogP contribution in [0.2, 0.25) is 11.6 Å². The van der Waals surface area contributed by atoms with Gasteiger partial charge < -0.3 is 14.6 Å². The van der Waals surface area contributed by atoms with Gasteiger partial charge in [0.25, 0.3) is 0 Å². The summed E-state index contributed by atoms with van der Waals surface area (Å²) in [5, 5.41) is 0.180. The molecule has 0 aliphatic carbocycles. The van der Waals surface area contributed by atoms with Gasteiger partial charge in [0.15, 0.2) is 0 Å². The van der Waals surface area contributed by atoms with Gasteiger partial charge in [-0.2, -0.15) is 0 Å². The Morgan fingerprint density at radius 2 is 1.30 bits per heavy atom. The predicted molar refractivity (Wildman–Crippen MR) is 90.3 cm³/mol. The van der Waals surface area contributed by atoms with Gasteiger partial charge in [0.2, 0.25) is 0 Å². The minimum absolute atomic E-state index is 0.180. The van der Waals surface area contributed by atoms with Crippen molar-refractivity contribution < 1.29 is 8.85 Å². The van der Waals surface area contributed by atoms with E-state index < -0.39 is 8.56 Å². The maximum absolute atomic E-state index is 6.24. The maximum Gasteiger partial charge on any atom is 0.341 e. The summed E-state index contributed by atoms with van der Waals surface area (Å²) in [5.41, 5.74) is 5.96. The molecule has 0 rings (SSSR count). The Kier molecular flexibility index (Phi) is 10.8. The Labute approximate surface area is 127 Å². The molecule has 0 heterocycles. The van der Waals surface area contributed by atoms with Crippen molar-refractivity contribution in [3.05, 3.63) is 0 Å². The number of nitrogens with two attached hydrogens (primary N) is 1. The standard InChI is InChI=1S/C16H37NO2Si/c1-6-10-12-16(14-15-17,13-11-7-2)20(5,18-8-3)19-9-4/h6-15,17H2,1-5H3. The molecule has 0 aromatic carbocycles. The van der Waals surface area contributed by atoms with E-state index in [0.29, 0.717) is 0 Å². The predicted octanol–water partition coefficient (Wildman–Crippen LogP) is 4.60. The summed E-state index contributed by atoms with van der Waals surface area (Å²) >= 11 is 0. The van der Waals surface area contributed by atoms with Crippen LogP contribution in [-0.2, 0) is 8.85 Å². The minimum Gasteiger partial charge on any atom is -0.394 e. The second-order valence-electron chi connectivity index (χ2n) is 5.84. The molecule has 0 aliphatic heterocycles. The average molecular weight is 304 g/mol. The van der Waals surface area contributed by atoms with E-state index in [4.69, 9.17) is 14.6 Å². The first-order chi connectivity index (χ1) is 9.55. The summed E-state index contributed by atoms with van der Waals surface area (Å²) in [4.78, 5) is 0. The molecule has 0 saturated heterocycles. The first-order valence-electron chi connectivity index (χ1n) is 8.53. The molecule has 20 heavy (non-hydrogen) atoms. The molecule has 0 aliphatic rings. The van der Waals surface area contributed by atoms with Gasteiger partial charge in [0.1, 0.15) is 0 Å². The zero-order chi connectivity index (χ0) is 15.5. The zero-order valence-corrected chi connectivity index (χ0v) is 15.5. The largest absolute Gasteiger partial charge is 0.394 e. The topological polar surface area (TPSA) is 44.5 Å². The summed E-state index contributed by atoms with van der Waals surface area (Å²) < 4.78 is 12.5. The van der Waals surface area contributed by atoms with Crippen LogP contribution in [0.25, 0.3) is 0 Å². The Hall–Kier alpha value is 0.0969. The van der Waals surface area contributed by atoms with Crippen LogP contribution in [0, 0.1) is 0 Å².